The minimum absolute atomic E-state index is 0.332. The molecule has 180 valence electrons. The fraction of sp³-hybridized carbons (Fsp3) is 0.375. The van der Waals surface area contributed by atoms with Crippen LogP contribution in [0, 0.1) is 13.8 Å². The summed E-state index contributed by atoms with van der Waals surface area (Å²) in [6, 6.07) is 9.85. The van der Waals surface area contributed by atoms with Crippen LogP contribution in [-0.4, -0.2) is 63.6 Å². The molecule has 0 spiro atoms. The van der Waals surface area contributed by atoms with Gasteiger partial charge < -0.3 is 24.0 Å². The third kappa shape index (κ3) is 5.01. The van der Waals surface area contributed by atoms with Crippen LogP contribution in [0.1, 0.15) is 21.5 Å². The van der Waals surface area contributed by atoms with Crippen molar-refractivity contribution in [1.82, 2.24) is 10.2 Å². The molecule has 1 fully saturated rings. The molecular formula is C24H29N5O4S. The fourth-order valence-corrected chi connectivity index (χ4v) is 4.86. The van der Waals surface area contributed by atoms with Crippen LogP contribution in [0.4, 0.5) is 16.0 Å². The topological polar surface area (TPSA) is 89.0 Å². The van der Waals surface area contributed by atoms with E-state index in [0.717, 1.165) is 31.3 Å². The predicted molar refractivity (Wildman–Crippen MR) is 134 cm³/mol. The summed E-state index contributed by atoms with van der Waals surface area (Å²) in [5.74, 6) is 0.916. The Morgan fingerprint density at radius 1 is 0.853 bits per heavy atom. The minimum atomic E-state index is -0.332. The SMILES string of the molecule is COc1cc(C(=O)Nc2nnc(N3CCN(c4cc(C)cc(C)c4)CC3)s2)cc(OC)c1OC. The number of carbonyl (C=O) groups is 1. The van der Waals surface area contributed by atoms with Crippen LogP contribution in [0.3, 0.4) is 0 Å². The summed E-state index contributed by atoms with van der Waals surface area (Å²) in [7, 11) is 4.54. The van der Waals surface area contributed by atoms with E-state index in [2.05, 4.69) is 57.4 Å². The molecule has 1 N–H and O–H groups in total. The molecule has 4 rings (SSSR count). The Morgan fingerprint density at radius 3 is 2.00 bits per heavy atom. The van der Waals surface area contributed by atoms with E-state index in [1.54, 1.807) is 12.1 Å². The lowest BCUT2D eigenvalue weighted by Crippen LogP contribution is -2.46. The lowest BCUT2D eigenvalue weighted by molar-refractivity contribution is 0.102. The second kappa shape index (κ2) is 10.2. The first-order chi connectivity index (χ1) is 16.4. The third-order valence-electron chi connectivity index (χ3n) is 5.68. The number of nitrogens with zero attached hydrogens (tertiary/aromatic N) is 4. The Balaban J connectivity index is 1.41. The van der Waals surface area contributed by atoms with Crippen LogP contribution in [-0.2, 0) is 0 Å². The van der Waals surface area contributed by atoms with E-state index in [1.807, 2.05) is 0 Å². The summed E-state index contributed by atoms with van der Waals surface area (Å²) in [4.78, 5) is 17.4. The van der Waals surface area contributed by atoms with E-state index in [0.29, 0.717) is 27.9 Å². The van der Waals surface area contributed by atoms with Crippen LogP contribution < -0.4 is 29.3 Å². The molecule has 0 aliphatic carbocycles. The Kier molecular flexibility index (Phi) is 7.06. The zero-order chi connectivity index (χ0) is 24.2. The lowest BCUT2D eigenvalue weighted by Gasteiger charge is -2.36. The number of nitrogens with one attached hydrogen (secondary N) is 1. The Hall–Kier alpha value is -3.53. The number of hydrogen-bond donors (Lipinski definition) is 1. The van der Waals surface area contributed by atoms with Gasteiger partial charge in [-0.25, -0.2) is 0 Å². The molecule has 0 radical (unpaired) electrons. The van der Waals surface area contributed by atoms with Crippen molar-refractivity contribution in [3.63, 3.8) is 0 Å². The summed E-state index contributed by atoms with van der Waals surface area (Å²) in [5, 5.41) is 12.5. The number of anilines is 3. The molecule has 0 unspecified atom stereocenters. The number of ether oxygens (including phenoxy) is 3. The van der Waals surface area contributed by atoms with Gasteiger partial charge in [-0.3, -0.25) is 10.1 Å². The highest BCUT2D eigenvalue weighted by Gasteiger charge is 2.22. The standard InChI is InChI=1S/C24H29N5O4S/c1-15-10-16(2)12-18(11-15)28-6-8-29(9-7-28)24-27-26-23(34-24)25-22(30)17-13-19(31-3)21(33-5)20(14-17)32-4/h10-14H,6-9H2,1-5H3,(H,25,26,30). The maximum absolute atomic E-state index is 12.8. The molecule has 1 amide bonds. The third-order valence-corrected chi connectivity index (χ3v) is 6.58. The molecule has 0 bridgehead atoms. The van der Waals surface area contributed by atoms with E-state index < -0.39 is 0 Å². The van der Waals surface area contributed by atoms with Gasteiger partial charge in [0.2, 0.25) is 16.0 Å². The molecule has 2 heterocycles. The summed E-state index contributed by atoms with van der Waals surface area (Å²) < 4.78 is 16.0. The molecule has 1 aliphatic heterocycles. The van der Waals surface area contributed by atoms with E-state index in [1.165, 1.54) is 49.5 Å². The number of aromatic nitrogens is 2. The van der Waals surface area contributed by atoms with Gasteiger partial charge in [0.25, 0.3) is 5.91 Å². The second-order valence-corrected chi connectivity index (χ2v) is 9.03. The number of piperazine rings is 1. The Morgan fingerprint density at radius 2 is 1.44 bits per heavy atom. The molecular weight excluding hydrogens is 454 g/mol. The first-order valence-corrected chi connectivity index (χ1v) is 11.8. The number of carbonyl (C=O) groups excluding carboxylic acids is 1. The summed E-state index contributed by atoms with van der Waals surface area (Å²) in [6.07, 6.45) is 0. The quantitative estimate of drug-likeness (QED) is 0.544. The van der Waals surface area contributed by atoms with Gasteiger partial charge in [0.05, 0.1) is 21.3 Å². The Bertz CT molecular complexity index is 1130. The van der Waals surface area contributed by atoms with Crippen molar-refractivity contribution in [2.75, 3.05) is 62.6 Å². The molecule has 34 heavy (non-hydrogen) atoms. The minimum Gasteiger partial charge on any atom is -0.493 e. The van der Waals surface area contributed by atoms with Crippen molar-refractivity contribution in [1.29, 1.82) is 0 Å². The van der Waals surface area contributed by atoms with Crippen molar-refractivity contribution >= 4 is 33.2 Å². The van der Waals surface area contributed by atoms with Gasteiger partial charge in [0.1, 0.15) is 0 Å². The average Bonchev–Trinajstić information content (AvgIpc) is 3.30. The van der Waals surface area contributed by atoms with Crippen molar-refractivity contribution < 1.29 is 19.0 Å². The highest BCUT2D eigenvalue weighted by Crippen LogP contribution is 2.38. The first-order valence-electron chi connectivity index (χ1n) is 10.9. The van der Waals surface area contributed by atoms with Crippen LogP contribution in [0.25, 0.3) is 0 Å². The van der Waals surface area contributed by atoms with Crippen molar-refractivity contribution in [3.05, 3.63) is 47.0 Å². The van der Waals surface area contributed by atoms with E-state index in [4.69, 9.17) is 14.2 Å². The number of hydrogen-bond acceptors (Lipinski definition) is 9. The van der Waals surface area contributed by atoms with Gasteiger partial charge in [-0.15, -0.1) is 10.2 Å². The summed E-state index contributed by atoms with van der Waals surface area (Å²) in [5.41, 5.74) is 4.17. The van der Waals surface area contributed by atoms with Crippen LogP contribution in [0.5, 0.6) is 17.2 Å². The number of benzene rings is 2. The second-order valence-electron chi connectivity index (χ2n) is 8.08. The average molecular weight is 484 g/mol. The summed E-state index contributed by atoms with van der Waals surface area (Å²) in [6.45, 7) is 7.72. The van der Waals surface area contributed by atoms with Crippen LogP contribution >= 0.6 is 11.3 Å². The number of rotatable bonds is 7. The Labute approximate surface area is 203 Å². The van der Waals surface area contributed by atoms with E-state index in [-0.39, 0.29) is 5.91 Å². The van der Waals surface area contributed by atoms with E-state index in [9.17, 15) is 4.79 Å². The normalized spacial score (nSPS) is 13.6. The monoisotopic (exact) mass is 483 g/mol. The number of methoxy groups -OCH3 is 3. The van der Waals surface area contributed by atoms with Gasteiger partial charge in [-0.05, 0) is 49.2 Å². The number of amides is 1. The maximum atomic E-state index is 12.8. The van der Waals surface area contributed by atoms with Gasteiger partial charge in [-0.1, -0.05) is 17.4 Å². The lowest BCUT2D eigenvalue weighted by atomic mass is 10.1. The molecule has 1 saturated heterocycles. The molecule has 10 heteroatoms. The molecule has 0 saturated carbocycles. The molecule has 2 aromatic carbocycles. The smallest absolute Gasteiger partial charge is 0.257 e. The van der Waals surface area contributed by atoms with Gasteiger partial charge in [-0.2, -0.15) is 0 Å². The predicted octanol–water partition coefficient (Wildman–Crippen LogP) is 3.76. The molecule has 0 atom stereocenters. The van der Waals surface area contributed by atoms with Gasteiger partial charge >= 0.3 is 0 Å². The zero-order valence-corrected chi connectivity index (χ0v) is 20.9. The van der Waals surface area contributed by atoms with Gasteiger partial charge in [0.15, 0.2) is 11.5 Å². The fourth-order valence-electron chi connectivity index (χ4n) is 4.06. The van der Waals surface area contributed by atoms with Gasteiger partial charge in [0, 0.05) is 37.4 Å². The zero-order valence-electron chi connectivity index (χ0n) is 20.0. The summed E-state index contributed by atoms with van der Waals surface area (Å²) >= 11 is 1.36. The van der Waals surface area contributed by atoms with Crippen molar-refractivity contribution in [3.8, 4) is 17.2 Å². The largest absolute Gasteiger partial charge is 0.493 e. The number of aryl methyl sites for hydroxylation is 2. The maximum Gasteiger partial charge on any atom is 0.257 e. The molecule has 1 aliphatic rings. The van der Waals surface area contributed by atoms with Crippen LogP contribution in [0.15, 0.2) is 30.3 Å². The molecule has 1 aromatic heterocycles. The van der Waals surface area contributed by atoms with Crippen LogP contribution in [0.2, 0.25) is 0 Å². The highest BCUT2D eigenvalue weighted by atomic mass is 32.1. The van der Waals surface area contributed by atoms with E-state index >= 15 is 0 Å². The van der Waals surface area contributed by atoms with Crippen molar-refractivity contribution in [2.45, 2.75) is 13.8 Å². The molecule has 9 nitrogen and oxygen atoms in total. The molecule has 3 aromatic rings. The highest BCUT2D eigenvalue weighted by molar-refractivity contribution is 7.19. The van der Waals surface area contributed by atoms with Crippen molar-refractivity contribution in [2.24, 2.45) is 0 Å². The first kappa shape index (κ1) is 23.6.